The molecular formula is C21H29ClF2N2. The van der Waals surface area contributed by atoms with Crippen molar-refractivity contribution in [2.45, 2.75) is 66.7 Å². The van der Waals surface area contributed by atoms with Gasteiger partial charge in [0.2, 0.25) is 0 Å². The van der Waals surface area contributed by atoms with E-state index in [2.05, 4.69) is 4.98 Å². The zero-order chi connectivity index (χ0) is 20.1. The van der Waals surface area contributed by atoms with Crippen molar-refractivity contribution in [1.29, 1.82) is 0 Å². The van der Waals surface area contributed by atoms with Crippen molar-refractivity contribution < 1.29 is 8.78 Å². The molecule has 2 aromatic rings. The Kier molecular flexibility index (Phi) is 8.01. The lowest BCUT2D eigenvalue weighted by molar-refractivity contribution is -0.0142. The van der Waals surface area contributed by atoms with Crippen LogP contribution in [0.5, 0.6) is 0 Å². The highest BCUT2D eigenvalue weighted by Gasteiger charge is 2.36. The Balaban J connectivity index is 0.00000163. The van der Waals surface area contributed by atoms with E-state index in [0.717, 1.165) is 11.1 Å². The second kappa shape index (κ2) is 9.31. The number of aromatic nitrogens is 1. The van der Waals surface area contributed by atoms with Crippen molar-refractivity contribution in [3.05, 3.63) is 45.5 Å². The third-order valence-electron chi connectivity index (χ3n) is 4.21. The van der Waals surface area contributed by atoms with Gasteiger partial charge in [-0.1, -0.05) is 57.8 Å². The van der Waals surface area contributed by atoms with Crippen LogP contribution in [0.15, 0.2) is 18.2 Å². The molecule has 0 radical (unpaired) electrons. The van der Waals surface area contributed by atoms with Gasteiger partial charge in [0.1, 0.15) is 5.82 Å². The van der Waals surface area contributed by atoms with Crippen molar-refractivity contribution in [3.8, 4) is 11.3 Å². The molecule has 1 aromatic heterocycles. The molecule has 1 aromatic carbocycles. The van der Waals surface area contributed by atoms with Crippen LogP contribution in [0.4, 0.5) is 14.6 Å². The number of aryl methyl sites for hydroxylation is 3. The lowest BCUT2D eigenvalue weighted by Gasteiger charge is -2.23. The Bertz CT molecular complexity index is 758. The summed E-state index contributed by atoms with van der Waals surface area (Å²) in [5.41, 5.74) is 8.69. The smallest absolute Gasteiger partial charge is 0.275 e. The number of nitrogen functional groups attached to an aromatic ring is 1. The zero-order valence-electron chi connectivity index (χ0n) is 16.5. The van der Waals surface area contributed by atoms with Gasteiger partial charge in [-0.05, 0) is 43.0 Å². The van der Waals surface area contributed by atoms with E-state index in [0.29, 0.717) is 29.0 Å². The predicted molar refractivity (Wildman–Crippen MR) is 108 cm³/mol. The van der Waals surface area contributed by atoms with Gasteiger partial charge in [0, 0.05) is 12.0 Å². The molecule has 0 amide bonds. The summed E-state index contributed by atoms with van der Waals surface area (Å²) in [6.45, 7) is 11.2. The highest BCUT2D eigenvalue weighted by Crippen LogP contribution is 2.44. The summed E-state index contributed by atoms with van der Waals surface area (Å²) < 4.78 is 29.6. The molecule has 0 saturated heterocycles. The third kappa shape index (κ3) is 4.53. The minimum atomic E-state index is -2.98. The first-order chi connectivity index (χ1) is 12.2. The van der Waals surface area contributed by atoms with E-state index in [9.17, 15) is 8.78 Å². The Morgan fingerprint density at radius 2 is 1.73 bits per heavy atom. The highest BCUT2D eigenvalue weighted by atomic mass is 35.5. The van der Waals surface area contributed by atoms with Gasteiger partial charge in [0.25, 0.3) is 5.92 Å². The van der Waals surface area contributed by atoms with Gasteiger partial charge in [-0.15, -0.1) is 0 Å². The molecule has 5 heteroatoms. The molecule has 0 atom stereocenters. The molecule has 2 N–H and O–H groups in total. The maximum absolute atomic E-state index is 14.8. The van der Waals surface area contributed by atoms with Crippen LogP contribution in [0.25, 0.3) is 11.3 Å². The van der Waals surface area contributed by atoms with Crippen LogP contribution in [-0.2, 0) is 12.3 Å². The van der Waals surface area contributed by atoms with Gasteiger partial charge in [0.05, 0.1) is 16.3 Å². The van der Waals surface area contributed by atoms with Crippen molar-refractivity contribution >= 4 is 17.4 Å². The van der Waals surface area contributed by atoms with Crippen molar-refractivity contribution in [2.75, 3.05) is 5.73 Å². The fourth-order valence-corrected chi connectivity index (χ4v) is 3.49. The molecular weight excluding hydrogens is 354 g/mol. The Hall–Kier alpha value is -1.68. The van der Waals surface area contributed by atoms with Gasteiger partial charge in [-0.2, -0.15) is 0 Å². The van der Waals surface area contributed by atoms with Gasteiger partial charge >= 0.3 is 0 Å². The number of nitrogens with two attached hydrogens (primary N) is 1. The van der Waals surface area contributed by atoms with E-state index >= 15 is 0 Å². The number of pyridine rings is 1. The lowest BCUT2D eigenvalue weighted by Crippen LogP contribution is -2.18. The number of rotatable bonds is 5. The average molecular weight is 383 g/mol. The number of benzene rings is 1. The minimum Gasteiger partial charge on any atom is -0.384 e. The van der Waals surface area contributed by atoms with Crippen molar-refractivity contribution in [2.24, 2.45) is 0 Å². The molecule has 0 fully saturated rings. The Labute approximate surface area is 160 Å². The second-order valence-electron chi connectivity index (χ2n) is 6.13. The molecule has 0 saturated carbocycles. The van der Waals surface area contributed by atoms with Crippen LogP contribution >= 0.6 is 11.6 Å². The number of hydrogen-bond donors (Lipinski definition) is 1. The molecule has 0 spiro atoms. The summed E-state index contributed by atoms with van der Waals surface area (Å²) in [5.74, 6) is -2.76. The fraction of sp³-hybridized carbons (Fsp3) is 0.476. The maximum Gasteiger partial charge on any atom is 0.275 e. The first kappa shape index (κ1) is 22.4. The van der Waals surface area contributed by atoms with Gasteiger partial charge in [-0.25, -0.2) is 13.8 Å². The molecule has 2 rings (SSSR count). The zero-order valence-corrected chi connectivity index (χ0v) is 17.3. The van der Waals surface area contributed by atoms with Crippen LogP contribution in [0.1, 0.15) is 62.8 Å². The van der Waals surface area contributed by atoms with Crippen molar-refractivity contribution in [1.82, 2.24) is 4.98 Å². The van der Waals surface area contributed by atoms with Crippen LogP contribution in [0.2, 0.25) is 5.02 Å². The van der Waals surface area contributed by atoms with Gasteiger partial charge < -0.3 is 5.73 Å². The Morgan fingerprint density at radius 1 is 1.12 bits per heavy atom. The quantitative estimate of drug-likeness (QED) is 0.599. The lowest BCUT2D eigenvalue weighted by atomic mass is 9.91. The van der Waals surface area contributed by atoms with Gasteiger partial charge in [0.15, 0.2) is 0 Å². The number of alkyl halides is 2. The summed E-state index contributed by atoms with van der Waals surface area (Å²) >= 11 is 6.53. The summed E-state index contributed by atoms with van der Waals surface area (Å²) in [6, 6.07) is 5.31. The number of hydrogen-bond acceptors (Lipinski definition) is 2. The highest BCUT2D eigenvalue weighted by molar-refractivity contribution is 6.34. The topological polar surface area (TPSA) is 38.9 Å². The SMILES string of the molecule is CC.CCCC(F)(F)c1c(C)cc(N)nc1-c1c(C)ccc(CC)c1Cl. The second-order valence-corrected chi connectivity index (χ2v) is 6.50. The number of halogens is 3. The third-order valence-corrected chi connectivity index (χ3v) is 4.65. The van der Waals surface area contributed by atoms with E-state index < -0.39 is 5.92 Å². The van der Waals surface area contributed by atoms with E-state index in [1.807, 2.05) is 39.8 Å². The van der Waals surface area contributed by atoms with E-state index in [-0.39, 0.29) is 23.5 Å². The standard InChI is InChI=1S/C19H23ClF2N2.C2H6/c1-5-9-19(21,22)16-12(4)10-14(23)24-18(16)15-11(3)7-8-13(6-2)17(15)20;1-2/h7-8,10H,5-6,9H2,1-4H3,(H2,23,24);1-2H3. The number of anilines is 1. The van der Waals surface area contributed by atoms with Crippen LogP contribution in [0.3, 0.4) is 0 Å². The molecule has 0 aliphatic rings. The molecule has 144 valence electrons. The molecule has 0 aliphatic heterocycles. The monoisotopic (exact) mass is 382 g/mol. The molecule has 26 heavy (non-hydrogen) atoms. The molecule has 0 bridgehead atoms. The van der Waals surface area contributed by atoms with Crippen molar-refractivity contribution in [3.63, 3.8) is 0 Å². The molecule has 0 unspecified atom stereocenters. The predicted octanol–water partition coefficient (Wildman–Crippen LogP) is 7.08. The first-order valence-electron chi connectivity index (χ1n) is 9.16. The fourth-order valence-electron chi connectivity index (χ4n) is 3.06. The summed E-state index contributed by atoms with van der Waals surface area (Å²) in [6.07, 6.45) is 0.850. The summed E-state index contributed by atoms with van der Waals surface area (Å²) in [7, 11) is 0. The first-order valence-corrected chi connectivity index (χ1v) is 9.54. The molecule has 2 nitrogen and oxygen atoms in total. The average Bonchev–Trinajstić information content (AvgIpc) is 2.56. The normalized spacial score (nSPS) is 11.1. The van der Waals surface area contributed by atoms with Crippen LogP contribution in [-0.4, -0.2) is 4.98 Å². The summed E-state index contributed by atoms with van der Waals surface area (Å²) in [4.78, 5) is 4.26. The minimum absolute atomic E-state index is 0.0724. The van der Waals surface area contributed by atoms with Crippen LogP contribution in [0, 0.1) is 13.8 Å². The Morgan fingerprint density at radius 3 is 2.27 bits per heavy atom. The molecule has 0 aliphatic carbocycles. The largest absolute Gasteiger partial charge is 0.384 e. The molecule has 1 heterocycles. The van der Waals surface area contributed by atoms with Crippen LogP contribution < -0.4 is 5.73 Å². The van der Waals surface area contributed by atoms with E-state index in [4.69, 9.17) is 17.3 Å². The van der Waals surface area contributed by atoms with E-state index in [1.165, 1.54) is 6.07 Å². The van der Waals surface area contributed by atoms with E-state index in [1.54, 1.807) is 13.8 Å². The number of nitrogens with zero attached hydrogens (tertiary/aromatic N) is 1. The maximum atomic E-state index is 14.8. The van der Waals surface area contributed by atoms with Gasteiger partial charge in [-0.3, -0.25) is 0 Å². The summed E-state index contributed by atoms with van der Waals surface area (Å²) in [5, 5.41) is 0.476.